The number of hydrogen-bond acceptors (Lipinski definition) is 0. The van der Waals surface area contributed by atoms with Gasteiger partial charge in [-0.1, -0.05) is 110 Å². The predicted octanol–water partition coefficient (Wildman–Crippen LogP) is 8.46. The van der Waals surface area contributed by atoms with E-state index in [0.29, 0.717) is 0 Å². The summed E-state index contributed by atoms with van der Waals surface area (Å²) in [6.07, 6.45) is 27.4. The molecule has 0 aliphatic carbocycles. The van der Waals surface area contributed by atoms with Crippen LogP contribution < -0.4 is 0 Å². The predicted molar refractivity (Wildman–Crippen MR) is 104 cm³/mol. The third-order valence-electron chi connectivity index (χ3n) is 4.76. The second-order valence-electron chi connectivity index (χ2n) is 7.27. The summed E-state index contributed by atoms with van der Waals surface area (Å²) in [5.74, 6) is 0.946. The van der Waals surface area contributed by atoms with Crippen LogP contribution in [-0.2, 0) is 0 Å². The summed E-state index contributed by atoms with van der Waals surface area (Å²) < 4.78 is 0. The summed E-state index contributed by atoms with van der Waals surface area (Å²) >= 11 is 0. The summed E-state index contributed by atoms with van der Waals surface area (Å²) in [5, 5.41) is 0. The Bertz CT molecular complexity index is 216. The summed E-state index contributed by atoms with van der Waals surface area (Å²) in [4.78, 5) is 0. The molecule has 0 amide bonds. The normalized spacial score (nSPS) is 13.0. The van der Waals surface area contributed by atoms with Crippen molar-refractivity contribution in [1.82, 2.24) is 0 Å². The van der Waals surface area contributed by atoms with Crippen LogP contribution in [0.5, 0.6) is 0 Å². The van der Waals surface area contributed by atoms with Crippen LogP contribution in [0.25, 0.3) is 0 Å². The zero-order valence-electron chi connectivity index (χ0n) is 16.0. The highest BCUT2D eigenvalue weighted by molar-refractivity contribution is 4.81. The van der Waals surface area contributed by atoms with E-state index in [0.717, 1.165) is 5.92 Å². The van der Waals surface area contributed by atoms with Gasteiger partial charge in [-0.05, 0) is 31.6 Å². The molecule has 0 spiro atoms. The Morgan fingerprint density at radius 3 is 1.59 bits per heavy atom. The van der Waals surface area contributed by atoms with Gasteiger partial charge in [0.2, 0.25) is 0 Å². The fourth-order valence-electron chi connectivity index (χ4n) is 3.08. The maximum Gasteiger partial charge on any atom is -0.0351 e. The molecule has 0 aliphatic rings. The van der Waals surface area contributed by atoms with E-state index in [1.165, 1.54) is 103 Å². The Hall–Kier alpha value is -0.260. The Labute approximate surface area is 142 Å². The highest BCUT2D eigenvalue weighted by Crippen LogP contribution is 2.16. The lowest BCUT2D eigenvalue weighted by atomic mass is 9.97. The molecule has 0 bridgehead atoms. The average Bonchev–Trinajstić information content (AvgIpc) is 2.53. The summed E-state index contributed by atoms with van der Waals surface area (Å²) in [5.41, 5.74) is 0. The Kier molecular flexibility index (Phi) is 18.6. The SMILES string of the molecule is CCCCCCCCCCC=CCCCCC(C)CCCC. The molecular formula is C22H44. The van der Waals surface area contributed by atoms with E-state index in [4.69, 9.17) is 0 Å². The molecule has 0 aromatic rings. The van der Waals surface area contributed by atoms with Gasteiger partial charge in [0, 0.05) is 0 Å². The molecule has 1 unspecified atom stereocenters. The van der Waals surface area contributed by atoms with Gasteiger partial charge >= 0.3 is 0 Å². The fraction of sp³-hybridized carbons (Fsp3) is 0.909. The van der Waals surface area contributed by atoms with Crippen molar-refractivity contribution >= 4 is 0 Å². The largest absolute Gasteiger partial charge is 0.0885 e. The Morgan fingerprint density at radius 2 is 1.00 bits per heavy atom. The molecule has 0 aliphatic heterocycles. The molecule has 132 valence electrons. The van der Waals surface area contributed by atoms with Gasteiger partial charge in [-0.3, -0.25) is 0 Å². The third-order valence-corrected chi connectivity index (χ3v) is 4.76. The monoisotopic (exact) mass is 308 g/mol. The molecule has 22 heavy (non-hydrogen) atoms. The zero-order valence-corrected chi connectivity index (χ0v) is 16.0. The summed E-state index contributed by atoms with van der Waals surface area (Å²) in [6.45, 7) is 7.01. The first kappa shape index (κ1) is 21.7. The molecule has 0 nitrogen and oxygen atoms in total. The van der Waals surface area contributed by atoms with Crippen LogP contribution in [-0.4, -0.2) is 0 Å². The topological polar surface area (TPSA) is 0 Å². The van der Waals surface area contributed by atoms with Crippen LogP contribution in [0.2, 0.25) is 0 Å². The lowest BCUT2D eigenvalue weighted by Crippen LogP contribution is -1.94. The second-order valence-corrected chi connectivity index (χ2v) is 7.27. The van der Waals surface area contributed by atoms with E-state index in [-0.39, 0.29) is 0 Å². The Balaban J connectivity index is 3.14. The quantitative estimate of drug-likeness (QED) is 0.187. The first-order chi connectivity index (χ1) is 10.8. The second kappa shape index (κ2) is 18.8. The maximum atomic E-state index is 2.43. The van der Waals surface area contributed by atoms with Gasteiger partial charge < -0.3 is 0 Å². The van der Waals surface area contributed by atoms with Crippen molar-refractivity contribution in [1.29, 1.82) is 0 Å². The van der Waals surface area contributed by atoms with Crippen LogP contribution in [0.15, 0.2) is 12.2 Å². The minimum Gasteiger partial charge on any atom is -0.0885 e. The van der Waals surface area contributed by atoms with E-state index in [1.807, 2.05) is 0 Å². The van der Waals surface area contributed by atoms with E-state index < -0.39 is 0 Å². The minimum atomic E-state index is 0.946. The maximum absolute atomic E-state index is 2.43. The van der Waals surface area contributed by atoms with Gasteiger partial charge in [-0.25, -0.2) is 0 Å². The van der Waals surface area contributed by atoms with Gasteiger partial charge in [0.05, 0.1) is 0 Å². The van der Waals surface area contributed by atoms with E-state index >= 15 is 0 Å². The van der Waals surface area contributed by atoms with Crippen LogP contribution in [0.1, 0.15) is 124 Å². The molecule has 0 radical (unpaired) electrons. The lowest BCUT2D eigenvalue weighted by Gasteiger charge is -2.09. The molecule has 0 fully saturated rings. The number of hydrogen-bond donors (Lipinski definition) is 0. The lowest BCUT2D eigenvalue weighted by molar-refractivity contribution is 0.450. The Morgan fingerprint density at radius 1 is 0.545 bits per heavy atom. The fourth-order valence-corrected chi connectivity index (χ4v) is 3.08. The van der Waals surface area contributed by atoms with E-state index in [9.17, 15) is 0 Å². The first-order valence-electron chi connectivity index (χ1n) is 10.5. The van der Waals surface area contributed by atoms with Crippen LogP contribution in [0.4, 0.5) is 0 Å². The first-order valence-corrected chi connectivity index (χ1v) is 10.5. The van der Waals surface area contributed by atoms with Crippen molar-refractivity contribution in [3.05, 3.63) is 12.2 Å². The third kappa shape index (κ3) is 17.8. The number of rotatable bonds is 17. The van der Waals surface area contributed by atoms with Crippen molar-refractivity contribution in [2.24, 2.45) is 5.92 Å². The zero-order chi connectivity index (χ0) is 16.3. The standard InChI is InChI=1S/C22H44/c1-4-6-8-9-10-11-12-13-14-15-16-17-18-19-21-22(3)20-7-5-2/h15-16,22H,4-14,17-21H2,1-3H3. The number of allylic oxidation sites excluding steroid dienone is 2. The van der Waals surface area contributed by atoms with Crippen molar-refractivity contribution in [3.8, 4) is 0 Å². The molecular weight excluding hydrogens is 264 g/mol. The van der Waals surface area contributed by atoms with Gasteiger partial charge in [0.25, 0.3) is 0 Å². The smallest absolute Gasteiger partial charge is 0.0351 e. The number of unbranched alkanes of at least 4 members (excludes halogenated alkanes) is 11. The average molecular weight is 309 g/mol. The molecule has 0 heteroatoms. The molecule has 0 N–H and O–H groups in total. The van der Waals surface area contributed by atoms with Gasteiger partial charge in [-0.15, -0.1) is 0 Å². The summed E-state index contributed by atoms with van der Waals surface area (Å²) in [6, 6.07) is 0. The van der Waals surface area contributed by atoms with Crippen LogP contribution >= 0.6 is 0 Å². The molecule has 0 saturated carbocycles. The molecule has 0 heterocycles. The highest BCUT2D eigenvalue weighted by Gasteiger charge is 2.00. The molecule has 1 atom stereocenters. The minimum absolute atomic E-state index is 0.946. The van der Waals surface area contributed by atoms with Crippen molar-refractivity contribution in [3.63, 3.8) is 0 Å². The molecule has 0 aromatic carbocycles. The van der Waals surface area contributed by atoms with Crippen molar-refractivity contribution in [2.45, 2.75) is 124 Å². The van der Waals surface area contributed by atoms with Crippen LogP contribution in [0.3, 0.4) is 0 Å². The van der Waals surface area contributed by atoms with Gasteiger partial charge in [0.15, 0.2) is 0 Å². The highest BCUT2D eigenvalue weighted by atomic mass is 14.1. The van der Waals surface area contributed by atoms with Crippen LogP contribution in [0, 0.1) is 5.92 Å². The van der Waals surface area contributed by atoms with Crippen molar-refractivity contribution in [2.75, 3.05) is 0 Å². The van der Waals surface area contributed by atoms with Gasteiger partial charge in [0.1, 0.15) is 0 Å². The van der Waals surface area contributed by atoms with E-state index in [2.05, 4.69) is 32.9 Å². The molecule has 0 aromatic heterocycles. The molecule has 0 saturated heterocycles. The molecule has 0 rings (SSSR count). The van der Waals surface area contributed by atoms with Crippen molar-refractivity contribution < 1.29 is 0 Å². The summed E-state index contributed by atoms with van der Waals surface area (Å²) in [7, 11) is 0. The van der Waals surface area contributed by atoms with E-state index in [1.54, 1.807) is 0 Å². The van der Waals surface area contributed by atoms with Gasteiger partial charge in [-0.2, -0.15) is 0 Å².